The van der Waals surface area contributed by atoms with E-state index in [0.717, 1.165) is 4.90 Å². The normalized spacial score (nSPS) is 17.8. The number of aliphatic hydroxyl groups is 3. The molecule has 0 radical (unpaired) electrons. The van der Waals surface area contributed by atoms with Gasteiger partial charge in [0.15, 0.2) is 12.0 Å². The Bertz CT molecular complexity index is 1360. The first-order valence-electron chi connectivity index (χ1n) is 12.4. The molecule has 0 saturated carbocycles. The number of aldehydes is 1. The lowest BCUT2D eigenvalue weighted by Gasteiger charge is -2.33. The molecule has 2 heterocycles. The van der Waals surface area contributed by atoms with Gasteiger partial charge in [-0.3, -0.25) is 9.36 Å². The molecule has 4 rings (SSSR count). The van der Waals surface area contributed by atoms with Gasteiger partial charge in [-0.05, 0) is 70.9 Å². The van der Waals surface area contributed by atoms with Crippen LogP contribution in [0.15, 0.2) is 36.4 Å². The lowest BCUT2D eigenvalue weighted by atomic mass is 9.79. The quantitative estimate of drug-likeness (QED) is 0.211. The molecule has 1 fully saturated rings. The number of nitrogens with zero attached hydrogens (tertiary/aromatic N) is 3. The molecule has 3 aromatic rings. The van der Waals surface area contributed by atoms with Crippen molar-refractivity contribution in [1.29, 1.82) is 0 Å². The summed E-state index contributed by atoms with van der Waals surface area (Å²) < 4.78 is 45.5. The van der Waals surface area contributed by atoms with E-state index < -0.39 is 37.1 Å². The van der Waals surface area contributed by atoms with E-state index in [2.05, 4.69) is 4.98 Å². The Kier molecular flexibility index (Phi) is 7.62. The molecule has 0 aliphatic carbocycles. The number of halogens is 2. The molecule has 1 aliphatic heterocycles. The number of benzene rings is 2. The monoisotopic (exact) mass is 547 g/mol. The smallest absolute Gasteiger partial charge is 0.433 e. The number of hydrogen-bond donors (Lipinski definition) is 3. The van der Waals surface area contributed by atoms with E-state index in [-0.39, 0.29) is 29.2 Å². The van der Waals surface area contributed by atoms with Crippen molar-refractivity contribution in [3.8, 4) is 11.4 Å². The number of rotatable bonds is 9. The average molecular weight is 547 g/mol. The first-order chi connectivity index (χ1) is 18.1. The van der Waals surface area contributed by atoms with Gasteiger partial charge in [0.25, 0.3) is 0 Å². The molecule has 0 spiro atoms. The van der Waals surface area contributed by atoms with Crippen LogP contribution in [-0.4, -0.2) is 74.1 Å². The van der Waals surface area contributed by atoms with Crippen molar-refractivity contribution in [3.05, 3.63) is 47.8 Å². The van der Waals surface area contributed by atoms with Crippen LogP contribution in [0.25, 0.3) is 16.7 Å². The number of para-hydroxylation sites is 1. The summed E-state index contributed by atoms with van der Waals surface area (Å²) in [5.41, 5.74) is 0.151. The second kappa shape index (κ2) is 10.2. The number of carbonyl (C=O) groups excluding carboxylic acids is 1. The van der Waals surface area contributed by atoms with E-state index in [4.69, 9.17) is 14.0 Å². The zero-order valence-electron chi connectivity index (χ0n) is 22.6. The van der Waals surface area contributed by atoms with Crippen LogP contribution < -0.4 is 10.2 Å². The molecule has 39 heavy (non-hydrogen) atoms. The van der Waals surface area contributed by atoms with Gasteiger partial charge < -0.3 is 29.4 Å². The number of hydrogen-bond acceptors (Lipinski definition) is 9. The largest absolute Gasteiger partial charge is 0.494 e. The van der Waals surface area contributed by atoms with E-state index in [0.29, 0.717) is 22.8 Å². The number of aromatic nitrogens is 2. The SMILES string of the molecule is CCC(c1nc2ccc(B3OC(C)(C)C(C)(C)O3)cc2n1-c1c(C=O)cccc1OC(F)F)N(C)C(O)(O)O. The first kappa shape index (κ1) is 29.1. The minimum Gasteiger partial charge on any atom is -0.433 e. The molecule has 0 amide bonds. The predicted octanol–water partition coefficient (Wildman–Crippen LogP) is 2.71. The summed E-state index contributed by atoms with van der Waals surface area (Å²) in [5, 5.41) is 29.8. The molecule has 2 aromatic carbocycles. The zero-order chi connectivity index (χ0) is 28.9. The van der Waals surface area contributed by atoms with Gasteiger partial charge in [-0.15, -0.1) is 0 Å². The van der Waals surface area contributed by atoms with E-state index in [1.165, 1.54) is 29.8 Å². The van der Waals surface area contributed by atoms with Gasteiger partial charge in [-0.1, -0.05) is 19.1 Å². The molecular formula is C26H32BF2N3O7. The Morgan fingerprint density at radius 1 is 1.15 bits per heavy atom. The fraction of sp³-hybridized carbons (Fsp3) is 0.462. The highest BCUT2D eigenvalue weighted by Crippen LogP contribution is 2.39. The highest BCUT2D eigenvalue weighted by atomic mass is 19.3. The third kappa shape index (κ3) is 5.30. The highest BCUT2D eigenvalue weighted by molar-refractivity contribution is 6.62. The molecule has 3 N–H and O–H groups in total. The van der Waals surface area contributed by atoms with E-state index in [1.807, 2.05) is 27.7 Å². The number of carbonyl (C=O) groups is 1. The van der Waals surface area contributed by atoms with Crippen LogP contribution in [0, 0.1) is 0 Å². The summed E-state index contributed by atoms with van der Waals surface area (Å²) in [7, 11) is 0.504. The van der Waals surface area contributed by atoms with Gasteiger partial charge >= 0.3 is 19.8 Å². The maximum Gasteiger partial charge on any atom is 0.494 e. The second-order valence-electron chi connectivity index (χ2n) is 10.5. The number of ether oxygens (including phenoxy) is 1. The van der Waals surface area contributed by atoms with Crippen LogP contribution in [0.5, 0.6) is 5.75 Å². The average Bonchev–Trinajstić information content (AvgIpc) is 3.30. The number of fused-ring (bicyclic) bond motifs is 1. The van der Waals surface area contributed by atoms with Gasteiger partial charge in [0, 0.05) is 5.56 Å². The fourth-order valence-corrected chi connectivity index (χ4v) is 4.60. The van der Waals surface area contributed by atoms with E-state index >= 15 is 0 Å². The minimum absolute atomic E-state index is 0.0236. The molecule has 1 aromatic heterocycles. The summed E-state index contributed by atoms with van der Waals surface area (Å²) in [4.78, 5) is 17.6. The third-order valence-electron chi connectivity index (χ3n) is 7.45. The van der Waals surface area contributed by atoms with Crippen molar-refractivity contribution in [2.24, 2.45) is 0 Å². The lowest BCUT2D eigenvalue weighted by molar-refractivity contribution is -0.396. The summed E-state index contributed by atoms with van der Waals surface area (Å²) in [6.45, 7) is 6.18. The van der Waals surface area contributed by atoms with Crippen LogP contribution in [0.4, 0.5) is 8.78 Å². The molecule has 210 valence electrons. The summed E-state index contributed by atoms with van der Waals surface area (Å²) in [6.07, 6.45) is -2.51. The fourth-order valence-electron chi connectivity index (χ4n) is 4.60. The molecule has 0 bridgehead atoms. The summed E-state index contributed by atoms with van der Waals surface area (Å²) in [6, 6.07) is 8.34. The lowest BCUT2D eigenvalue weighted by Crippen LogP contribution is -2.48. The molecule has 1 unspecified atom stereocenters. The Hall–Kier alpha value is -2.94. The topological polar surface area (TPSA) is 127 Å². The number of imidazole rings is 1. The van der Waals surface area contributed by atoms with E-state index in [9.17, 15) is 28.9 Å². The van der Waals surface area contributed by atoms with Crippen LogP contribution in [-0.2, 0) is 9.31 Å². The molecule has 1 saturated heterocycles. The van der Waals surface area contributed by atoms with Gasteiger partial charge in [-0.25, -0.2) is 9.88 Å². The summed E-state index contributed by atoms with van der Waals surface area (Å²) in [5.74, 6) is -0.159. The third-order valence-corrected chi connectivity index (χ3v) is 7.45. The van der Waals surface area contributed by atoms with Crippen LogP contribution in [0.1, 0.15) is 63.3 Å². The maximum absolute atomic E-state index is 13.4. The van der Waals surface area contributed by atoms with Gasteiger partial charge in [0.1, 0.15) is 11.5 Å². The summed E-state index contributed by atoms with van der Waals surface area (Å²) >= 11 is 0. The predicted molar refractivity (Wildman–Crippen MR) is 139 cm³/mol. The minimum atomic E-state index is -3.22. The molecule has 13 heteroatoms. The van der Waals surface area contributed by atoms with Crippen LogP contribution in [0.3, 0.4) is 0 Å². The van der Waals surface area contributed by atoms with Crippen LogP contribution >= 0.6 is 0 Å². The standard InChI is InChI=1S/C26H32BF2N3O7/c1-7-18(31(6)26(34,35)36)22-30-17-12-11-16(27-38-24(2,3)25(4,5)39-27)13-19(17)32(22)21-15(14-33)9-8-10-20(21)37-23(28)29/h8-14,18,23,34-36H,7H2,1-6H3. The first-order valence-corrected chi connectivity index (χ1v) is 12.4. The van der Waals surface area contributed by atoms with Crippen molar-refractivity contribution >= 4 is 29.9 Å². The Balaban J connectivity index is 2.03. The van der Waals surface area contributed by atoms with Gasteiger partial charge in [0.2, 0.25) is 0 Å². The molecule has 1 atom stereocenters. The molecular weight excluding hydrogens is 515 g/mol. The van der Waals surface area contributed by atoms with Gasteiger partial charge in [0.05, 0.1) is 28.3 Å². The zero-order valence-corrected chi connectivity index (χ0v) is 22.6. The van der Waals surface area contributed by atoms with Crippen molar-refractivity contribution in [1.82, 2.24) is 14.5 Å². The highest BCUT2D eigenvalue weighted by Gasteiger charge is 2.51. The van der Waals surface area contributed by atoms with Crippen molar-refractivity contribution in [2.45, 2.75) is 71.0 Å². The number of alkyl halides is 2. The second-order valence-corrected chi connectivity index (χ2v) is 10.5. The molecule has 10 nitrogen and oxygen atoms in total. The van der Waals surface area contributed by atoms with Crippen molar-refractivity contribution in [3.63, 3.8) is 0 Å². The Morgan fingerprint density at radius 2 is 1.79 bits per heavy atom. The van der Waals surface area contributed by atoms with Crippen LogP contribution in [0.2, 0.25) is 0 Å². The van der Waals surface area contributed by atoms with Gasteiger partial charge in [-0.2, -0.15) is 8.78 Å². The van der Waals surface area contributed by atoms with E-state index in [1.54, 1.807) is 25.1 Å². The van der Waals surface area contributed by atoms with Crippen molar-refractivity contribution in [2.75, 3.05) is 7.05 Å². The Morgan fingerprint density at radius 3 is 2.33 bits per heavy atom. The maximum atomic E-state index is 13.4. The Labute approximate surface area is 224 Å². The van der Waals surface area contributed by atoms with Crippen molar-refractivity contribution < 1.29 is 42.9 Å². The molecule has 1 aliphatic rings.